The minimum Gasteiger partial charge on any atom is -0.444 e. The molecule has 1 aromatic carbocycles. The number of hydrogen-bond donors (Lipinski definition) is 1. The Morgan fingerprint density at radius 1 is 1.21 bits per heavy atom. The normalized spacial score (nSPS) is 18.4. The van der Waals surface area contributed by atoms with E-state index in [4.69, 9.17) is 16.3 Å². The Bertz CT molecular complexity index is 1640. The summed E-state index contributed by atoms with van der Waals surface area (Å²) in [6.45, 7) is 7.87. The zero-order chi connectivity index (χ0) is 30.8. The second kappa shape index (κ2) is 10.5. The first-order valence-electron chi connectivity index (χ1n) is 13.3. The van der Waals surface area contributed by atoms with Crippen LogP contribution in [0.5, 0.6) is 0 Å². The lowest BCUT2D eigenvalue weighted by atomic mass is 9.74. The van der Waals surface area contributed by atoms with E-state index < -0.39 is 34.8 Å². The highest BCUT2D eigenvalue weighted by Gasteiger charge is 2.49. The van der Waals surface area contributed by atoms with Gasteiger partial charge in [0.1, 0.15) is 12.1 Å². The fourth-order valence-electron chi connectivity index (χ4n) is 6.02. The molecule has 1 aliphatic carbocycles. The van der Waals surface area contributed by atoms with E-state index in [1.807, 2.05) is 6.92 Å². The number of carbonyl (C=O) groups excluding carboxylic acids is 2. The zero-order valence-corrected chi connectivity index (χ0v) is 25.7. The number of alkyl halides is 3. The van der Waals surface area contributed by atoms with E-state index in [1.54, 1.807) is 30.2 Å². The molecular weight excluding hydrogens is 645 g/mol. The SMILES string of the molecule is C[C@@H]1CC2(CCN(C(=O)OC(C)(C)C)CC2)c2c1n(CC(=O)Nc1ccc(C(F)(F)F)cc1Cl)c1nc(Br)nn1c2=O. The lowest BCUT2D eigenvalue weighted by Gasteiger charge is -2.40. The molecular formula is C27H29BrClF3N6O4. The first-order chi connectivity index (χ1) is 19.5. The molecule has 1 aliphatic heterocycles. The summed E-state index contributed by atoms with van der Waals surface area (Å²) in [5.74, 6) is -0.561. The maximum Gasteiger partial charge on any atom is 0.416 e. The van der Waals surface area contributed by atoms with Crippen molar-refractivity contribution in [3.05, 3.63) is 55.1 Å². The largest absolute Gasteiger partial charge is 0.444 e. The van der Waals surface area contributed by atoms with Gasteiger partial charge in [0.2, 0.25) is 16.4 Å². The molecule has 0 radical (unpaired) electrons. The third-order valence-electron chi connectivity index (χ3n) is 7.70. The summed E-state index contributed by atoms with van der Waals surface area (Å²) in [5, 5.41) is 6.53. The van der Waals surface area contributed by atoms with Crippen LogP contribution in [0.4, 0.5) is 23.7 Å². The molecule has 10 nitrogen and oxygen atoms in total. The van der Waals surface area contributed by atoms with Crippen LogP contribution in [0.3, 0.4) is 0 Å². The summed E-state index contributed by atoms with van der Waals surface area (Å²) in [7, 11) is 0. The van der Waals surface area contributed by atoms with Crippen LogP contribution in [-0.2, 0) is 27.7 Å². The van der Waals surface area contributed by atoms with Crippen LogP contribution in [0, 0.1) is 0 Å². The second-order valence-electron chi connectivity index (χ2n) is 11.8. The predicted molar refractivity (Wildman–Crippen MR) is 152 cm³/mol. The number of carbonyl (C=O) groups is 2. The minimum absolute atomic E-state index is 0.0186. The highest BCUT2D eigenvalue weighted by atomic mass is 79.9. The van der Waals surface area contributed by atoms with Gasteiger partial charge in [0.15, 0.2) is 0 Å². The fourth-order valence-corrected chi connectivity index (χ4v) is 6.57. The van der Waals surface area contributed by atoms with Gasteiger partial charge in [-0.25, -0.2) is 4.79 Å². The van der Waals surface area contributed by atoms with E-state index in [0.29, 0.717) is 43.6 Å². The molecule has 42 heavy (non-hydrogen) atoms. The first-order valence-corrected chi connectivity index (χ1v) is 14.5. The highest BCUT2D eigenvalue weighted by Crippen LogP contribution is 2.50. The lowest BCUT2D eigenvalue weighted by Crippen LogP contribution is -2.48. The van der Waals surface area contributed by atoms with Crippen LogP contribution in [0.15, 0.2) is 27.7 Å². The molecule has 1 fully saturated rings. The minimum atomic E-state index is -4.58. The number of benzene rings is 1. The van der Waals surface area contributed by atoms with Gasteiger partial charge < -0.3 is 19.5 Å². The number of rotatable bonds is 3. The Balaban J connectivity index is 1.48. The molecule has 1 saturated heterocycles. The molecule has 2 aromatic heterocycles. The van der Waals surface area contributed by atoms with Gasteiger partial charge in [0.25, 0.3) is 5.56 Å². The molecule has 1 spiro atoms. The average molecular weight is 674 g/mol. The average Bonchev–Trinajstić information content (AvgIpc) is 3.39. The van der Waals surface area contributed by atoms with Crippen molar-refractivity contribution < 1.29 is 27.5 Å². The van der Waals surface area contributed by atoms with Crippen LogP contribution in [0.2, 0.25) is 5.02 Å². The third-order valence-corrected chi connectivity index (χ3v) is 8.35. The molecule has 3 aromatic rings. The number of amides is 2. The molecule has 226 valence electrons. The van der Waals surface area contributed by atoms with E-state index in [0.717, 1.165) is 22.7 Å². The summed E-state index contributed by atoms with van der Waals surface area (Å²) in [6, 6.07) is 2.68. The van der Waals surface area contributed by atoms with Crippen LogP contribution >= 0.6 is 27.5 Å². The number of nitrogens with zero attached hydrogens (tertiary/aromatic N) is 5. The Morgan fingerprint density at radius 2 is 1.88 bits per heavy atom. The molecule has 1 N–H and O–H groups in total. The zero-order valence-electron chi connectivity index (χ0n) is 23.3. The molecule has 3 heterocycles. The summed E-state index contributed by atoms with van der Waals surface area (Å²) in [4.78, 5) is 45.8. The van der Waals surface area contributed by atoms with Crippen molar-refractivity contribution in [2.24, 2.45) is 0 Å². The number of anilines is 1. The van der Waals surface area contributed by atoms with Gasteiger partial charge in [-0.05, 0) is 80.1 Å². The van der Waals surface area contributed by atoms with Gasteiger partial charge in [-0.1, -0.05) is 18.5 Å². The topological polar surface area (TPSA) is 111 Å². The Morgan fingerprint density at radius 3 is 2.48 bits per heavy atom. The van der Waals surface area contributed by atoms with Crippen LogP contribution < -0.4 is 10.9 Å². The van der Waals surface area contributed by atoms with Crippen LogP contribution in [0.1, 0.15) is 69.7 Å². The fraction of sp³-hybridized carbons (Fsp3) is 0.519. The number of likely N-dealkylation sites (tertiary alicyclic amines) is 1. The standard InChI is InChI=1S/C27H29BrClF3N6O4/c1-14-12-26(7-9-36(10-8-26)24(41)42-25(2,3)4)19-20(14)37(23-34-22(28)35-38(23)21(19)40)13-18(39)33-17-6-5-15(11-16(17)29)27(30,31)32/h5-6,11,14H,7-10,12-13H2,1-4H3,(H,33,39)/t14-/m1/s1. The van der Waals surface area contributed by atoms with Crippen molar-refractivity contribution >= 4 is 51.0 Å². The van der Waals surface area contributed by atoms with E-state index in [-0.39, 0.29) is 39.2 Å². The van der Waals surface area contributed by atoms with Crippen molar-refractivity contribution in [3.63, 3.8) is 0 Å². The van der Waals surface area contributed by atoms with Crippen molar-refractivity contribution in [1.82, 2.24) is 24.1 Å². The van der Waals surface area contributed by atoms with Gasteiger partial charge in [0, 0.05) is 29.8 Å². The van der Waals surface area contributed by atoms with E-state index >= 15 is 0 Å². The predicted octanol–water partition coefficient (Wildman–Crippen LogP) is 5.74. The van der Waals surface area contributed by atoms with Crippen molar-refractivity contribution in [1.29, 1.82) is 0 Å². The maximum atomic E-state index is 13.9. The first kappa shape index (κ1) is 30.3. The van der Waals surface area contributed by atoms with Gasteiger partial charge in [-0.2, -0.15) is 22.7 Å². The molecule has 5 rings (SSSR count). The number of ether oxygens (including phenoxy) is 1. The monoisotopic (exact) mass is 672 g/mol. The summed E-state index contributed by atoms with van der Waals surface area (Å²) in [6.07, 6.45) is -3.32. The Kier molecular flexibility index (Phi) is 7.62. The number of halogens is 5. The summed E-state index contributed by atoms with van der Waals surface area (Å²) in [5.41, 5.74) is -1.26. The Hall–Kier alpha value is -3.13. The molecule has 0 unspecified atom stereocenters. The van der Waals surface area contributed by atoms with Gasteiger partial charge in [0.05, 0.1) is 16.3 Å². The van der Waals surface area contributed by atoms with Gasteiger partial charge >= 0.3 is 12.3 Å². The maximum absolute atomic E-state index is 13.9. The molecule has 2 aliphatic rings. The van der Waals surface area contributed by atoms with Crippen LogP contribution in [0.25, 0.3) is 5.78 Å². The van der Waals surface area contributed by atoms with Crippen molar-refractivity contribution in [2.45, 2.75) is 76.6 Å². The number of aromatic nitrogens is 4. The third kappa shape index (κ3) is 5.62. The molecule has 0 bridgehead atoms. The number of hydrogen-bond acceptors (Lipinski definition) is 6. The van der Waals surface area contributed by atoms with E-state index in [2.05, 4.69) is 31.3 Å². The smallest absolute Gasteiger partial charge is 0.416 e. The number of piperidine rings is 1. The number of fused-ring (bicyclic) bond motifs is 3. The van der Waals surface area contributed by atoms with Gasteiger partial charge in [-0.3, -0.25) is 9.59 Å². The van der Waals surface area contributed by atoms with Crippen molar-refractivity contribution in [3.8, 4) is 0 Å². The Labute approximate surface area is 252 Å². The molecule has 15 heteroatoms. The summed E-state index contributed by atoms with van der Waals surface area (Å²) < 4.78 is 47.6. The lowest BCUT2D eigenvalue weighted by molar-refractivity contribution is -0.137. The highest BCUT2D eigenvalue weighted by molar-refractivity contribution is 9.10. The van der Waals surface area contributed by atoms with E-state index in [9.17, 15) is 27.6 Å². The summed E-state index contributed by atoms with van der Waals surface area (Å²) >= 11 is 9.27. The van der Waals surface area contributed by atoms with Crippen molar-refractivity contribution in [2.75, 3.05) is 18.4 Å². The van der Waals surface area contributed by atoms with Crippen LogP contribution in [-0.4, -0.2) is 54.8 Å². The number of nitrogens with one attached hydrogen (secondary N) is 1. The quantitative estimate of drug-likeness (QED) is 0.380. The molecule has 2 amide bonds. The van der Waals surface area contributed by atoms with Gasteiger partial charge in [-0.15, -0.1) is 5.10 Å². The second-order valence-corrected chi connectivity index (χ2v) is 13.0. The molecule has 0 saturated carbocycles. The van der Waals surface area contributed by atoms with E-state index in [1.165, 1.54) is 0 Å². The molecule has 1 atom stereocenters.